The number of nitrogens with one attached hydrogen (secondary N) is 2. The highest BCUT2D eigenvalue weighted by molar-refractivity contribution is 5.75. The average molecular weight is 314 g/mol. The lowest BCUT2D eigenvalue weighted by atomic mass is 9.99. The average Bonchev–Trinajstić information content (AvgIpc) is 3.03. The lowest BCUT2D eigenvalue weighted by Crippen LogP contribution is -2.41. The van der Waals surface area contributed by atoms with Crippen LogP contribution in [0.1, 0.15) is 48.2 Å². The van der Waals surface area contributed by atoms with Crippen molar-refractivity contribution in [3.63, 3.8) is 0 Å². The summed E-state index contributed by atoms with van der Waals surface area (Å²) in [6.45, 7) is -0.206. The molecule has 1 heterocycles. The van der Waals surface area contributed by atoms with E-state index in [0.717, 1.165) is 25.7 Å². The van der Waals surface area contributed by atoms with E-state index in [2.05, 4.69) is 22.8 Å². The molecule has 0 radical (unpaired) electrons. The van der Waals surface area contributed by atoms with Crippen molar-refractivity contribution in [2.45, 2.75) is 37.8 Å². The van der Waals surface area contributed by atoms with Gasteiger partial charge in [0.1, 0.15) is 11.8 Å². The topological polar surface area (TPSA) is 74.5 Å². The highest BCUT2D eigenvalue weighted by Gasteiger charge is 2.22. The third kappa shape index (κ3) is 3.74. The Morgan fingerprint density at radius 2 is 2.13 bits per heavy atom. The number of hydrogen-bond donors (Lipinski definition) is 3. The van der Waals surface area contributed by atoms with Crippen molar-refractivity contribution in [2.24, 2.45) is 0 Å². The molecule has 0 aliphatic heterocycles. The predicted octanol–water partition coefficient (Wildman–Crippen LogP) is 3.08. The molecule has 0 saturated heterocycles. The van der Waals surface area contributed by atoms with Crippen molar-refractivity contribution >= 4 is 6.03 Å². The van der Waals surface area contributed by atoms with Gasteiger partial charge < -0.3 is 20.2 Å². The number of hydrogen-bond acceptors (Lipinski definition) is 3. The van der Waals surface area contributed by atoms with E-state index in [-0.39, 0.29) is 18.7 Å². The summed E-state index contributed by atoms with van der Waals surface area (Å²) in [6, 6.07) is 10.9. The first-order chi connectivity index (χ1) is 11.3. The number of urea groups is 1. The number of amides is 2. The monoisotopic (exact) mass is 314 g/mol. The number of carbonyl (C=O) groups excluding carboxylic acids is 1. The molecule has 2 unspecified atom stereocenters. The Morgan fingerprint density at radius 1 is 1.26 bits per heavy atom. The summed E-state index contributed by atoms with van der Waals surface area (Å²) in [5.74, 6) is 0.545. The zero-order valence-corrected chi connectivity index (χ0v) is 13.0. The summed E-state index contributed by atoms with van der Waals surface area (Å²) in [5, 5.41) is 15.3. The third-order valence-electron chi connectivity index (χ3n) is 4.30. The van der Waals surface area contributed by atoms with Crippen molar-refractivity contribution in [3.05, 3.63) is 59.5 Å². The van der Waals surface area contributed by atoms with Gasteiger partial charge in [-0.05, 0) is 42.5 Å². The fraction of sp³-hybridized carbons (Fsp3) is 0.389. The van der Waals surface area contributed by atoms with E-state index in [1.54, 1.807) is 12.1 Å². The molecule has 2 amide bonds. The molecule has 0 fully saturated rings. The van der Waals surface area contributed by atoms with E-state index < -0.39 is 6.04 Å². The minimum atomic E-state index is -0.536. The summed E-state index contributed by atoms with van der Waals surface area (Å²) >= 11 is 0. The van der Waals surface area contributed by atoms with Gasteiger partial charge in [0.15, 0.2) is 0 Å². The SMILES string of the molecule is O=C(NC(CO)c1ccco1)NC1CCCCc2ccccc21. The quantitative estimate of drug-likeness (QED) is 0.759. The molecule has 122 valence electrons. The van der Waals surface area contributed by atoms with E-state index >= 15 is 0 Å². The van der Waals surface area contributed by atoms with Gasteiger partial charge in [-0.3, -0.25) is 0 Å². The van der Waals surface area contributed by atoms with Crippen LogP contribution in [0.3, 0.4) is 0 Å². The summed E-state index contributed by atoms with van der Waals surface area (Å²) < 4.78 is 5.25. The predicted molar refractivity (Wildman–Crippen MR) is 86.9 cm³/mol. The molecule has 0 saturated carbocycles. The summed E-state index contributed by atoms with van der Waals surface area (Å²) in [5.41, 5.74) is 2.50. The molecule has 1 aliphatic rings. The number of benzene rings is 1. The van der Waals surface area contributed by atoms with E-state index in [1.807, 2.05) is 12.1 Å². The second kappa shape index (κ2) is 7.33. The van der Waals surface area contributed by atoms with Crippen molar-refractivity contribution in [1.29, 1.82) is 0 Å². The van der Waals surface area contributed by atoms with Crippen LogP contribution in [0.25, 0.3) is 0 Å². The summed E-state index contributed by atoms with van der Waals surface area (Å²) in [6.07, 6.45) is 5.74. The van der Waals surface area contributed by atoms with Gasteiger partial charge in [-0.15, -0.1) is 0 Å². The lowest BCUT2D eigenvalue weighted by molar-refractivity contribution is 0.205. The van der Waals surface area contributed by atoms with Crippen molar-refractivity contribution < 1.29 is 14.3 Å². The summed E-state index contributed by atoms with van der Waals surface area (Å²) in [7, 11) is 0. The maximum atomic E-state index is 12.3. The van der Waals surface area contributed by atoms with Gasteiger partial charge in [-0.25, -0.2) is 4.79 Å². The van der Waals surface area contributed by atoms with Crippen LogP contribution in [0.5, 0.6) is 0 Å². The minimum absolute atomic E-state index is 0.00430. The highest BCUT2D eigenvalue weighted by Crippen LogP contribution is 2.28. The highest BCUT2D eigenvalue weighted by atomic mass is 16.3. The van der Waals surface area contributed by atoms with Gasteiger partial charge in [0, 0.05) is 0 Å². The van der Waals surface area contributed by atoms with Gasteiger partial charge in [0.25, 0.3) is 0 Å². The molecule has 1 aliphatic carbocycles. The molecule has 3 N–H and O–H groups in total. The number of fused-ring (bicyclic) bond motifs is 1. The first kappa shape index (κ1) is 15.6. The Morgan fingerprint density at radius 3 is 2.91 bits per heavy atom. The molecule has 3 rings (SSSR count). The number of carbonyl (C=O) groups is 1. The lowest BCUT2D eigenvalue weighted by Gasteiger charge is -2.21. The smallest absolute Gasteiger partial charge is 0.315 e. The Labute approximate surface area is 135 Å². The van der Waals surface area contributed by atoms with Crippen LogP contribution in [0.2, 0.25) is 0 Å². The zero-order valence-electron chi connectivity index (χ0n) is 13.0. The number of aryl methyl sites for hydroxylation is 1. The van der Waals surface area contributed by atoms with Crippen molar-refractivity contribution in [3.8, 4) is 0 Å². The Kier molecular flexibility index (Phi) is 4.98. The van der Waals surface area contributed by atoms with Crippen LogP contribution >= 0.6 is 0 Å². The first-order valence-corrected chi connectivity index (χ1v) is 8.07. The minimum Gasteiger partial charge on any atom is -0.467 e. The number of aliphatic hydroxyl groups is 1. The molecular weight excluding hydrogens is 292 g/mol. The molecule has 23 heavy (non-hydrogen) atoms. The number of aliphatic hydroxyl groups excluding tert-OH is 1. The molecule has 5 heteroatoms. The van der Waals surface area contributed by atoms with Crippen LogP contribution in [0.15, 0.2) is 47.1 Å². The van der Waals surface area contributed by atoms with Gasteiger partial charge in [-0.1, -0.05) is 30.7 Å². The van der Waals surface area contributed by atoms with Crippen LogP contribution in [0, 0.1) is 0 Å². The Balaban J connectivity index is 1.68. The van der Waals surface area contributed by atoms with Gasteiger partial charge in [-0.2, -0.15) is 0 Å². The second-order valence-electron chi connectivity index (χ2n) is 5.87. The maximum Gasteiger partial charge on any atom is 0.315 e. The standard InChI is InChI=1S/C18H22N2O3/c21-12-16(17-10-5-11-23-17)20-18(22)19-15-9-4-2-7-13-6-1-3-8-14(13)15/h1,3,5-6,8,10-11,15-16,21H,2,4,7,9,12H2,(H2,19,20,22). The van der Waals surface area contributed by atoms with E-state index in [0.29, 0.717) is 5.76 Å². The molecule has 5 nitrogen and oxygen atoms in total. The zero-order chi connectivity index (χ0) is 16.1. The molecule has 0 spiro atoms. The van der Waals surface area contributed by atoms with Crippen molar-refractivity contribution in [2.75, 3.05) is 6.61 Å². The van der Waals surface area contributed by atoms with Crippen LogP contribution in [-0.2, 0) is 6.42 Å². The molecule has 1 aromatic heterocycles. The fourth-order valence-electron chi connectivity index (χ4n) is 3.13. The summed E-state index contributed by atoms with van der Waals surface area (Å²) in [4.78, 5) is 12.3. The third-order valence-corrected chi connectivity index (χ3v) is 4.30. The number of furan rings is 1. The molecular formula is C18H22N2O3. The second-order valence-corrected chi connectivity index (χ2v) is 5.87. The Bertz CT molecular complexity index is 639. The van der Waals surface area contributed by atoms with Gasteiger partial charge >= 0.3 is 6.03 Å². The number of rotatable bonds is 4. The fourth-order valence-corrected chi connectivity index (χ4v) is 3.13. The molecule has 0 bridgehead atoms. The van der Waals surface area contributed by atoms with Gasteiger partial charge in [0.2, 0.25) is 0 Å². The normalized spacial score (nSPS) is 18.6. The van der Waals surface area contributed by atoms with Crippen molar-refractivity contribution in [1.82, 2.24) is 10.6 Å². The van der Waals surface area contributed by atoms with E-state index in [1.165, 1.54) is 17.4 Å². The first-order valence-electron chi connectivity index (χ1n) is 8.07. The molecule has 2 aromatic rings. The van der Waals surface area contributed by atoms with Gasteiger partial charge in [0.05, 0.1) is 18.9 Å². The van der Waals surface area contributed by atoms with Crippen LogP contribution in [0.4, 0.5) is 4.79 Å². The molecule has 2 atom stereocenters. The molecule has 1 aromatic carbocycles. The van der Waals surface area contributed by atoms with Crippen LogP contribution < -0.4 is 10.6 Å². The van der Waals surface area contributed by atoms with E-state index in [4.69, 9.17) is 4.42 Å². The van der Waals surface area contributed by atoms with E-state index in [9.17, 15) is 9.90 Å². The maximum absolute atomic E-state index is 12.3. The van der Waals surface area contributed by atoms with Crippen LogP contribution in [-0.4, -0.2) is 17.7 Å². The Hall–Kier alpha value is -2.27. The largest absolute Gasteiger partial charge is 0.467 e.